The molecule has 0 aliphatic carbocycles. The Morgan fingerprint density at radius 3 is 2.17 bits per heavy atom. The molecule has 0 radical (unpaired) electrons. The number of hydrogen-bond donors (Lipinski definition) is 2. The lowest BCUT2D eigenvalue weighted by Crippen LogP contribution is -2.09. The van der Waals surface area contributed by atoms with Gasteiger partial charge in [0.1, 0.15) is 19.0 Å². The minimum absolute atomic E-state index is 0.0448. The molecule has 0 unspecified atom stereocenters. The Balaban J connectivity index is 2.88. The smallest absolute Gasteiger partial charge is 0.338 e. The van der Waals surface area contributed by atoms with Crippen LogP contribution in [0, 0.1) is 0 Å². The predicted molar refractivity (Wildman–Crippen MR) is 71.8 cm³/mol. The Morgan fingerprint density at radius 1 is 1.11 bits per heavy atom. The Labute approximate surface area is 121 Å². The molecule has 7 heteroatoms. The van der Waals surface area contributed by atoms with E-state index in [1.165, 1.54) is 0 Å². The number of carbonyl (C=O) groups excluding carboxylic acids is 1. The highest BCUT2D eigenvalue weighted by atomic mass is 79.9. The number of aliphatic hydroxyl groups is 2. The summed E-state index contributed by atoms with van der Waals surface area (Å²) in [4.78, 5) is 11.6. The molecule has 0 spiro atoms. The van der Waals surface area contributed by atoms with E-state index in [1.54, 1.807) is 12.1 Å². The molecule has 0 saturated carbocycles. The van der Waals surface area contributed by atoms with Crippen LogP contribution in [0.25, 0.3) is 0 Å². The molecule has 0 heterocycles. The summed E-state index contributed by atoms with van der Waals surface area (Å²) in [6.45, 7) is -0.201. The van der Waals surface area contributed by atoms with Crippen molar-refractivity contribution in [3.63, 3.8) is 0 Å². The van der Waals surface area contributed by atoms with Gasteiger partial charge in [0.25, 0.3) is 0 Å². The van der Waals surface area contributed by atoms with Gasteiger partial charge in [-0.05, 0) is 44.0 Å². The van der Waals surface area contributed by atoms with Crippen LogP contribution in [-0.4, -0.2) is 42.6 Å². The van der Waals surface area contributed by atoms with Crippen LogP contribution >= 0.6 is 31.9 Å². The highest BCUT2D eigenvalue weighted by Crippen LogP contribution is 2.34. The van der Waals surface area contributed by atoms with Gasteiger partial charge in [0.05, 0.1) is 27.7 Å². The zero-order chi connectivity index (χ0) is 13.5. The van der Waals surface area contributed by atoms with Gasteiger partial charge in [-0.2, -0.15) is 0 Å². The van der Waals surface area contributed by atoms with E-state index in [0.717, 1.165) is 0 Å². The summed E-state index contributed by atoms with van der Waals surface area (Å²) in [6, 6.07) is 3.11. The maximum Gasteiger partial charge on any atom is 0.338 e. The van der Waals surface area contributed by atoms with Crippen molar-refractivity contribution >= 4 is 37.8 Å². The van der Waals surface area contributed by atoms with Gasteiger partial charge in [0, 0.05) is 0 Å². The lowest BCUT2D eigenvalue weighted by molar-refractivity contribution is 0.0433. The van der Waals surface area contributed by atoms with Gasteiger partial charge < -0.3 is 19.7 Å². The molecule has 0 amide bonds. The fourth-order valence-corrected chi connectivity index (χ4v) is 2.60. The monoisotopic (exact) mass is 382 g/mol. The van der Waals surface area contributed by atoms with Crippen LogP contribution in [0.3, 0.4) is 0 Å². The summed E-state index contributed by atoms with van der Waals surface area (Å²) in [7, 11) is 0. The third-order valence-electron chi connectivity index (χ3n) is 1.90. The van der Waals surface area contributed by atoms with Gasteiger partial charge in [-0.25, -0.2) is 4.79 Å². The van der Waals surface area contributed by atoms with Crippen LogP contribution in [0.5, 0.6) is 5.75 Å². The lowest BCUT2D eigenvalue weighted by Gasteiger charge is -2.11. The van der Waals surface area contributed by atoms with E-state index in [1.807, 2.05) is 0 Å². The topological polar surface area (TPSA) is 76.0 Å². The van der Waals surface area contributed by atoms with E-state index in [4.69, 9.17) is 19.7 Å². The second-order valence-corrected chi connectivity index (χ2v) is 4.91. The first-order valence-electron chi connectivity index (χ1n) is 5.10. The molecule has 1 aromatic rings. The van der Waals surface area contributed by atoms with E-state index in [-0.39, 0.29) is 26.4 Å². The number of hydrogen-bond acceptors (Lipinski definition) is 5. The summed E-state index contributed by atoms with van der Waals surface area (Å²) in [6.07, 6.45) is 0. The number of rotatable bonds is 6. The minimum atomic E-state index is -0.529. The predicted octanol–water partition coefficient (Wildman–Crippen LogP) is 1.73. The normalized spacial score (nSPS) is 10.2. The molecule has 0 aliphatic rings. The van der Waals surface area contributed by atoms with Crippen molar-refractivity contribution in [2.45, 2.75) is 0 Å². The number of carbonyl (C=O) groups is 1. The van der Waals surface area contributed by atoms with Crippen molar-refractivity contribution in [2.24, 2.45) is 0 Å². The standard InChI is InChI=1S/C11H12Br2O5/c12-8-5-7(11(16)18-4-2-15)6-9(13)10(8)17-3-1-14/h5-6,14-15H,1-4H2. The Hall–Kier alpha value is -0.630. The summed E-state index contributed by atoms with van der Waals surface area (Å²) >= 11 is 6.54. The van der Waals surface area contributed by atoms with Gasteiger partial charge in [-0.1, -0.05) is 0 Å². The SMILES string of the molecule is O=C(OCCO)c1cc(Br)c(OCCO)c(Br)c1. The molecule has 0 saturated heterocycles. The average molecular weight is 384 g/mol. The zero-order valence-corrected chi connectivity index (χ0v) is 12.5. The van der Waals surface area contributed by atoms with Crippen molar-refractivity contribution in [1.82, 2.24) is 0 Å². The number of aliphatic hydroxyl groups excluding tert-OH is 2. The first-order valence-corrected chi connectivity index (χ1v) is 6.69. The maximum atomic E-state index is 11.6. The lowest BCUT2D eigenvalue weighted by atomic mass is 10.2. The highest BCUT2D eigenvalue weighted by molar-refractivity contribution is 9.11. The zero-order valence-electron chi connectivity index (χ0n) is 9.36. The average Bonchev–Trinajstić information content (AvgIpc) is 2.34. The molecule has 0 aliphatic heterocycles. The van der Waals surface area contributed by atoms with Crippen LogP contribution in [0.4, 0.5) is 0 Å². The molecule has 100 valence electrons. The van der Waals surface area contributed by atoms with Gasteiger partial charge in [0.2, 0.25) is 0 Å². The highest BCUT2D eigenvalue weighted by Gasteiger charge is 2.14. The molecular formula is C11H12Br2O5. The van der Waals surface area contributed by atoms with Gasteiger partial charge >= 0.3 is 5.97 Å². The van der Waals surface area contributed by atoms with Crippen LogP contribution in [0.1, 0.15) is 10.4 Å². The Morgan fingerprint density at radius 2 is 1.67 bits per heavy atom. The number of esters is 1. The maximum absolute atomic E-state index is 11.6. The molecule has 2 N–H and O–H groups in total. The molecule has 18 heavy (non-hydrogen) atoms. The van der Waals surface area contributed by atoms with Gasteiger partial charge in [-0.15, -0.1) is 0 Å². The molecular weight excluding hydrogens is 372 g/mol. The Bertz CT molecular complexity index is 399. The van der Waals surface area contributed by atoms with Crippen molar-refractivity contribution in [3.05, 3.63) is 26.6 Å². The van der Waals surface area contributed by atoms with Crippen LogP contribution < -0.4 is 4.74 Å². The third kappa shape index (κ3) is 4.24. The van der Waals surface area contributed by atoms with Crippen LogP contribution in [0.15, 0.2) is 21.1 Å². The first-order chi connectivity index (χ1) is 8.60. The van der Waals surface area contributed by atoms with E-state index in [0.29, 0.717) is 20.3 Å². The van der Waals surface area contributed by atoms with Gasteiger partial charge in [0.15, 0.2) is 0 Å². The van der Waals surface area contributed by atoms with E-state index >= 15 is 0 Å². The molecule has 1 rings (SSSR count). The largest absolute Gasteiger partial charge is 0.489 e. The van der Waals surface area contributed by atoms with Gasteiger partial charge in [-0.3, -0.25) is 0 Å². The molecule has 0 aromatic heterocycles. The van der Waals surface area contributed by atoms with E-state index in [9.17, 15) is 4.79 Å². The number of benzene rings is 1. The fourth-order valence-electron chi connectivity index (χ4n) is 1.19. The van der Waals surface area contributed by atoms with Crippen LogP contribution in [0.2, 0.25) is 0 Å². The fraction of sp³-hybridized carbons (Fsp3) is 0.364. The second-order valence-electron chi connectivity index (χ2n) is 3.20. The summed E-state index contributed by atoms with van der Waals surface area (Å²) < 4.78 is 11.2. The van der Waals surface area contributed by atoms with E-state index < -0.39 is 5.97 Å². The van der Waals surface area contributed by atoms with Crippen molar-refractivity contribution in [3.8, 4) is 5.75 Å². The van der Waals surface area contributed by atoms with Crippen molar-refractivity contribution in [1.29, 1.82) is 0 Å². The summed E-state index contributed by atoms with van der Waals surface area (Å²) in [5.74, 6) is -0.0260. The number of halogens is 2. The molecule has 0 atom stereocenters. The quantitative estimate of drug-likeness (QED) is 0.731. The second kappa shape index (κ2) is 7.73. The molecule has 0 bridgehead atoms. The number of ether oxygens (including phenoxy) is 2. The van der Waals surface area contributed by atoms with E-state index in [2.05, 4.69) is 31.9 Å². The Kier molecular flexibility index (Phi) is 6.62. The summed E-state index contributed by atoms with van der Waals surface area (Å²) in [5.41, 5.74) is 0.332. The van der Waals surface area contributed by atoms with Crippen molar-refractivity contribution in [2.75, 3.05) is 26.4 Å². The minimum Gasteiger partial charge on any atom is -0.489 e. The van der Waals surface area contributed by atoms with Crippen molar-refractivity contribution < 1.29 is 24.5 Å². The molecule has 0 fully saturated rings. The third-order valence-corrected chi connectivity index (χ3v) is 3.07. The van der Waals surface area contributed by atoms with Crippen LogP contribution in [-0.2, 0) is 4.74 Å². The molecule has 1 aromatic carbocycles. The summed E-state index contributed by atoms with van der Waals surface area (Å²) in [5, 5.41) is 17.3. The first kappa shape index (κ1) is 15.4. The molecule has 5 nitrogen and oxygen atoms in total.